The normalized spacial score (nSPS) is 33.0. The number of anilines is 1. The fourth-order valence-electron chi connectivity index (χ4n) is 4.89. The lowest BCUT2D eigenvalue weighted by Crippen LogP contribution is -2.48. The highest BCUT2D eigenvalue weighted by Gasteiger charge is 2.76. The third-order valence-electron chi connectivity index (χ3n) is 7.01. The van der Waals surface area contributed by atoms with Crippen molar-refractivity contribution in [3.8, 4) is 0 Å². The van der Waals surface area contributed by atoms with Crippen molar-refractivity contribution in [3.05, 3.63) is 36.5 Å². The lowest BCUT2D eigenvalue weighted by atomic mass is 9.64. The van der Waals surface area contributed by atoms with Crippen molar-refractivity contribution in [2.24, 2.45) is 16.2 Å². The Kier molecular flexibility index (Phi) is 3.43. The second-order valence-corrected chi connectivity index (χ2v) is 8.91. The van der Waals surface area contributed by atoms with Crippen molar-refractivity contribution in [3.63, 3.8) is 0 Å². The number of hydrogen-bond donors (Lipinski definition) is 1. The van der Waals surface area contributed by atoms with E-state index in [4.69, 9.17) is 0 Å². The number of benzene rings is 1. The zero-order valence-corrected chi connectivity index (χ0v) is 16.2. The molecule has 1 amide bonds. The molecule has 1 aromatic carbocycles. The smallest absolute Gasteiger partial charge is 0.232 e. The number of para-hydroxylation sites is 1. The Morgan fingerprint density at radius 1 is 1.20 bits per heavy atom. The number of nitrogens with zero attached hydrogens (tertiary/aromatic N) is 1. The molecule has 4 nitrogen and oxygen atoms in total. The van der Waals surface area contributed by atoms with E-state index in [0.29, 0.717) is 12.1 Å². The maximum atomic E-state index is 13.4. The highest BCUT2D eigenvalue weighted by atomic mass is 79.9. The van der Waals surface area contributed by atoms with Gasteiger partial charge in [-0.05, 0) is 30.4 Å². The predicted octanol–water partition coefficient (Wildman–Crippen LogP) is 4.33. The molecule has 25 heavy (non-hydrogen) atoms. The average Bonchev–Trinajstić information content (AvgIpc) is 2.87. The van der Waals surface area contributed by atoms with Gasteiger partial charge >= 0.3 is 0 Å². The van der Waals surface area contributed by atoms with Crippen molar-refractivity contribution >= 4 is 44.2 Å². The Balaban J connectivity index is 1.78. The Hall–Kier alpha value is -1.75. The molecule has 5 heteroatoms. The van der Waals surface area contributed by atoms with Crippen LogP contribution in [-0.2, 0) is 9.59 Å². The first kappa shape index (κ1) is 16.7. The number of hydrogen-bond acceptors (Lipinski definition) is 3. The number of fused-ring (bicyclic) bond motifs is 3. The molecular formula is C20H21BrN2O2. The molecule has 1 N–H and O–H groups in total. The number of pyridine rings is 1. The Morgan fingerprint density at radius 3 is 2.60 bits per heavy atom. The van der Waals surface area contributed by atoms with E-state index in [1.54, 1.807) is 6.20 Å². The summed E-state index contributed by atoms with van der Waals surface area (Å²) in [5.41, 5.74) is -0.150. The molecule has 0 radical (unpaired) electrons. The zero-order valence-electron chi connectivity index (χ0n) is 14.6. The maximum Gasteiger partial charge on any atom is 0.232 e. The first-order chi connectivity index (χ1) is 11.8. The number of carbonyl (C=O) groups excluding carboxylic acids is 2. The summed E-state index contributed by atoms with van der Waals surface area (Å²) in [5.74, 6) is 0.0575. The van der Waals surface area contributed by atoms with Crippen LogP contribution < -0.4 is 5.32 Å². The van der Waals surface area contributed by atoms with E-state index in [-0.39, 0.29) is 11.7 Å². The second kappa shape index (κ2) is 5.13. The Morgan fingerprint density at radius 2 is 1.92 bits per heavy atom. The molecule has 2 saturated carbocycles. The predicted molar refractivity (Wildman–Crippen MR) is 102 cm³/mol. The lowest BCUT2D eigenvalue weighted by molar-refractivity contribution is -0.130. The van der Waals surface area contributed by atoms with E-state index in [2.05, 4.69) is 40.1 Å². The fourth-order valence-corrected chi connectivity index (χ4v) is 6.41. The van der Waals surface area contributed by atoms with Gasteiger partial charge in [-0.3, -0.25) is 14.6 Å². The van der Waals surface area contributed by atoms with E-state index in [9.17, 15) is 9.59 Å². The van der Waals surface area contributed by atoms with Crippen LogP contribution in [0.25, 0.3) is 10.9 Å². The van der Waals surface area contributed by atoms with Gasteiger partial charge in [0.1, 0.15) is 0 Å². The summed E-state index contributed by atoms with van der Waals surface area (Å²) >= 11 is 3.57. The molecule has 0 saturated heterocycles. The minimum absolute atomic E-state index is 0.0906. The molecule has 1 heterocycles. The summed E-state index contributed by atoms with van der Waals surface area (Å²) in [4.78, 5) is 30.2. The van der Waals surface area contributed by atoms with Crippen molar-refractivity contribution in [1.29, 1.82) is 0 Å². The topological polar surface area (TPSA) is 59.1 Å². The van der Waals surface area contributed by atoms with Crippen LogP contribution in [0.4, 0.5) is 5.69 Å². The molecule has 2 aliphatic carbocycles. The average molecular weight is 401 g/mol. The SMILES string of the molecule is CC1(C)[C@@]2(C)CC[C@@]1(C(=O)Nc1cccc3cccnc13)[C@H](Br)C2=O. The quantitative estimate of drug-likeness (QED) is 0.762. The zero-order chi connectivity index (χ0) is 18.0. The van der Waals surface area contributed by atoms with Gasteiger partial charge in [-0.15, -0.1) is 0 Å². The molecule has 130 valence electrons. The number of carbonyl (C=O) groups is 2. The van der Waals surface area contributed by atoms with Crippen LogP contribution in [0.15, 0.2) is 36.5 Å². The molecule has 4 rings (SSSR count). The van der Waals surface area contributed by atoms with Crippen molar-refractivity contribution in [2.75, 3.05) is 5.32 Å². The minimum Gasteiger partial charge on any atom is -0.324 e. The summed E-state index contributed by atoms with van der Waals surface area (Å²) in [6, 6.07) is 9.60. The van der Waals surface area contributed by atoms with Gasteiger partial charge in [0.2, 0.25) is 5.91 Å². The summed E-state index contributed by atoms with van der Waals surface area (Å²) < 4.78 is 0. The van der Waals surface area contributed by atoms with Crippen molar-refractivity contribution in [2.45, 2.75) is 38.4 Å². The van der Waals surface area contributed by atoms with Gasteiger partial charge in [0, 0.05) is 17.0 Å². The van der Waals surface area contributed by atoms with Gasteiger partial charge in [-0.25, -0.2) is 0 Å². The Bertz CT molecular complexity index is 904. The first-order valence-corrected chi connectivity index (χ1v) is 9.51. The number of nitrogens with one attached hydrogen (secondary N) is 1. The van der Waals surface area contributed by atoms with E-state index < -0.39 is 21.1 Å². The van der Waals surface area contributed by atoms with E-state index in [0.717, 1.165) is 17.3 Å². The first-order valence-electron chi connectivity index (χ1n) is 8.59. The highest BCUT2D eigenvalue weighted by molar-refractivity contribution is 9.10. The van der Waals surface area contributed by atoms with Gasteiger partial charge in [-0.1, -0.05) is 54.9 Å². The van der Waals surface area contributed by atoms with Crippen LogP contribution in [0, 0.1) is 16.2 Å². The van der Waals surface area contributed by atoms with Gasteiger partial charge in [-0.2, -0.15) is 0 Å². The number of Topliss-reactive ketones (excluding diaryl/α,β-unsaturated/α-hetero) is 1. The van der Waals surface area contributed by atoms with Crippen LogP contribution >= 0.6 is 15.9 Å². The molecule has 1 aromatic heterocycles. The summed E-state index contributed by atoms with van der Waals surface area (Å²) in [6.45, 7) is 6.12. The van der Waals surface area contributed by atoms with Crippen molar-refractivity contribution in [1.82, 2.24) is 4.98 Å². The highest BCUT2D eigenvalue weighted by Crippen LogP contribution is 2.72. The second-order valence-electron chi connectivity index (χ2n) is 7.99. The maximum absolute atomic E-state index is 13.4. The van der Waals surface area contributed by atoms with Crippen LogP contribution in [0.2, 0.25) is 0 Å². The number of amides is 1. The van der Waals surface area contributed by atoms with Crippen LogP contribution in [0.5, 0.6) is 0 Å². The number of rotatable bonds is 2. The molecule has 0 unspecified atom stereocenters. The summed E-state index contributed by atoms with van der Waals surface area (Å²) in [6.07, 6.45) is 3.18. The van der Waals surface area contributed by atoms with Gasteiger partial charge in [0.25, 0.3) is 0 Å². The monoisotopic (exact) mass is 400 g/mol. The van der Waals surface area contributed by atoms with Gasteiger partial charge in [0.15, 0.2) is 5.78 Å². The third-order valence-corrected chi connectivity index (χ3v) is 8.20. The molecule has 2 bridgehead atoms. The van der Waals surface area contributed by atoms with Crippen LogP contribution in [0.3, 0.4) is 0 Å². The van der Waals surface area contributed by atoms with Crippen LogP contribution in [0.1, 0.15) is 33.6 Å². The van der Waals surface area contributed by atoms with E-state index >= 15 is 0 Å². The number of alkyl halides is 1. The molecular weight excluding hydrogens is 380 g/mol. The van der Waals surface area contributed by atoms with Crippen molar-refractivity contribution < 1.29 is 9.59 Å². The largest absolute Gasteiger partial charge is 0.324 e. The lowest BCUT2D eigenvalue weighted by Gasteiger charge is -2.39. The molecule has 0 spiro atoms. The van der Waals surface area contributed by atoms with E-state index in [1.807, 2.05) is 37.3 Å². The Labute approximate surface area is 155 Å². The number of halogens is 1. The molecule has 3 atom stereocenters. The molecule has 2 aromatic rings. The number of ketones is 1. The molecule has 0 aliphatic heterocycles. The summed E-state index contributed by atoms with van der Waals surface area (Å²) in [7, 11) is 0. The number of aromatic nitrogens is 1. The molecule has 2 fully saturated rings. The molecule has 2 aliphatic rings. The summed E-state index contributed by atoms with van der Waals surface area (Å²) in [5, 5.41) is 4.06. The third kappa shape index (κ3) is 1.85. The van der Waals surface area contributed by atoms with Crippen LogP contribution in [-0.4, -0.2) is 21.5 Å². The fraction of sp³-hybridized carbons (Fsp3) is 0.450. The van der Waals surface area contributed by atoms with Gasteiger partial charge in [0.05, 0.1) is 21.4 Å². The minimum atomic E-state index is -0.740. The van der Waals surface area contributed by atoms with E-state index in [1.165, 1.54) is 0 Å². The van der Waals surface area contributed by atoms with Gasteiger partial charge < -0.3 is 5.32 Å². The standard InChI is InChI=1S/C20H21BrN2O2/c1-18(2)19(3)9-10-20(18,15(21)16(19)24)17(25)23-13-8-4-6-12-7-5-11-22-14(12)13/h4-8,11,15H,9-10H2,1-3H3,(H,23,25)/t15-,19+,20+/m1/s1.